The number of hydrogen-bond acceptors (Lipinski definition) is 3. The molecule has 2 heterocycles. The van der Waals surface area contributed by atoms with Crippen LogP contribution in [0.25, 0.3) is 10.9 Å². The lowest BCUT2D eigenvalue weighted by Crippen LogP contribution is -2.19. The quantitative estimate of drug-likeness (QED) is 0.734. The lowest BCUT2D eigenvalue weighted by atomic mass is 10.2. The summed E-state index contributed by atoms with van der Waals surface area (Å²) in [6.07, 6.45) is 3.19. The van der Waals surface area contributed by atoms with Crippen LogP contribution in [-0.4, -0.2) is 11.0 Å². The first-order valence-corrected chi connectivity index (χ1v) is 5.78. The SMILES string of the molecule is O=C(Nc1ccco1)Nc1cccc2cccnc12. The highest BCUT2D eigenvalue weighted by atomic mass is 16.3. The molecule has 19 heavy (non-hydrogen) atoms. The Balaban J connectivity index is 1.83. The molecule has 0 aliphatic carbocycles. The molecule has 0 radical (unpaired) electrons. The van der Waals surface area contributed by atoms with Crippen molar-refractivity contribution in [2.24, 2.45) is 0 Å². The van der Waals surface area contributed by atoms with Crippen molar-refractivity contribution in [3.63, 3.8) is 0 Å². The van der Waals surface area contributed by atoms with Crippen LogP contribution in [0, 0.1) is 0 Å². The summed E-state index contributed by atoms with van der Waals surface area (Å²) in [6.45, 7) is 0. The molecule has 2 aromatic heterocycles. The second-order valence-electron chi connectivity index (χ2n) is 3.94. The molecular weight excluding hydrogens is 242 g/mol. The van der Waals surface area contributed by atoms with Crippen LogP contribution in [-0.2, 0) is 0 Å². The maximum atomic E-state index is 11.8. The first kappa shape index (κ1) is 11.3. The summed E-state index contributed by atoms with van der Waals surface area (Å²) < 4.78 is 5.04. The molecule has 94 valence electrons. The second kappa shape index (κ2) is 4.81. The number of carbonyl (C=O) groups is 1. The van der Waals surface area contributed by atoms with Crippen molar-refractivity contribution in [1.29, 1.82) is 0 Å². The van der Waals surface area contributed by atoms with Crippen LogP contribution in [0.4, 0.5) is 16.4 Å². The number of hydrogen-bond donors (Lipinski definition) is 2. The fraction of sp³-hybridized carbons (Fsp3) is 0. The van der Waals surface area contributed by atoms with Gasteiger partial charge in [0.2, 0.25) is 5.88 Å². The topological polar surface area (TPSA) is 67.2 Å². The summed E-state index contributed by atoms with van der Waals surface area (Å²) in [6, 6.07) is 12.4. The Morgan fingerprint density at radius 2 is 1.95 bits per heavy atom. The first-order chi connectivity index (χ1) is 9.33. The van der Waals surface area contributed by atoms with Gasteiger partial charge in [0.25, 0.3) is 0 Å². The molecule has 3 aromatic rings. The molecule has 0 saturated carbocycles. The zero-order valence-corrected chi connectivity index (χ0v) is 9.96. The molecule has 3 rings (SSSR count). The lowest BCUT2D eigenvalue weighted by Gasteiger charge is -2.07. The Bertz CT molecular complexity index is 702. The van der Waals surface area contributed by atoms with Gasteiger partial charge in [-0.15, -0.1) is 0 Å². The zero-order valence-electron chi connectivity index (χ0n) is 9.96. The largest absolute Gasteiger partial charge is 0.449 e. The number of aromatic nitrogens is 1. The fourth-order valence-electron chi connectivity index (χ4n) is 1.82. The Labute approximate surface area is 109 Å². The number of pyridine rings is 1. The van der Waals surface area contributed by atoms with Crippen molar-refractivity contribution in [2.45, 2.75) is 0 Å². The number of rotatable bonds is 2. The predicted molar refractivity (Wildman–Crippen MR) is 73.1 cm³/mol. The minimum absolute atomic E-state index is 0.367. The highest BCUT2D eigenvalue weighted by Crippen LogP contribution is 2.20. The molecule has 0 bridgehead atoms. The number of fused-ring (bicyclic) bond motifs is 1. The molecule has 5 heteroatoms. The number of para-hydroxylation sites is 1. The summed E-state index contributed by atoms with van der Waals surface area (Å²) in [5.74, 6) is 0.394. The van der Waals surface area contributed by atoms with Crippen molar-refractivity contribution in [3.8, 4) is 0 Å². The minimum atomic E-state index is -0.367. The average Bonchev–Trinajstić information content (AvgIpc) is 2.92. The van der Waals surface area contributed by atoms with Crippen molar-refractivity contribution in [3.05, 3.63) is 54.9 Å². The molecule has 2 amide bonds. The van der Waals surface area contributed by atoms with Gasteiger partial charge in [0.05, 0.1) is 17.5 Å². The molecule has 0 spiro atoms. The summed E-state index contributed by atoms with van der Waals surface area (Å²) in [4.78, 5) is 16.1. The van der Waals surface area contributed by atoms with Gasteiger partial charge < -0.3 is 9.73 Å². The second-order valence-corrected chi connectivity index (χ2v) is 3.94. The van der Waals surface area contributed by atoms with E-state index in [1.165, 1.54) is 6.26 Å². The third kappa shape index (κ3) is 2.40. The van der Waals surface area contributed by atoms with E-state index in [4.69, 9.17) is 4.42 Å². The van der Waals surface area contributed by atoms with Gasteiger partial charge in [-0.3, -0.25) is 10.3 Å². The molecule has 0 atom stereocenters. The monoisotopic (exact) mass is 253 g/mol. The average molecular weight is 253 g/mol. The van der Waals surface area contributed by atoms with Gasteiger partial charge in [-0.2, -0.15) is 0 Å². The number of benzene rings is 1. The van der Waals surface area contributed by atoms with Crippen LogP contribution in [0.1, 0.15) is 0 Å². The first-order valence-electron chi connectivity index (χ1n) is 5.78. The molecule has 0 aliphatic rings. The van der Waals surface area contributed by atoms with Gasteiger partial charge in [0.1, 0.15) is 0 Å². The van der Waals surface area contributed by atoms with Crippen molar-refractivity contribution >= 4 is 28.5 Å². The van der Waals surface area contributed by atoms with E-state index in [-0.39, 0.29) is 6.03 Å². The van der Waals surface area contributed by atoms with Crippen LogP contribution in [0.15, 0.2) is 59.3 Å². The van der Waals surface area contributed by atoms with Gasteiger partial charge in [-0.25, -0.2) is 4.79 Å². The molecule has 5 nitrogen and oxygen atoms in total. The third-order valence-electron chi connectivity index (χ3n) is 2.64. The summed E-state index contributed by atoms with van der Waals surface area (Å²) in [7, 11) is 0. The molecule has 0 aliphatic heterocycles. The highest BCUT2D eigenvalue weighted by Gasteiger charge is 2.07. The maximum Gasteiger partial charge on any atom is 0.326 e. The van der Waals surface area contributed by atoms with E-state index in [2.05, 4.69) is 15.6 Å². The van der Waals surface area contributed by atoms with Crippen LogP contribution < -0.4 is 10.6 Å². The van der Waals surface area contributed by atoms with Crippen molar-refractivity contribution in [2.75, 3.05) is 10.6 Å². The Kier molecular flexibility index (Phi) is 2.86. The van der Waals surface area contributed by atoms with E-state index in [0.29, 0.717) is 11.6 Å². The van der Waals surface area contributed by atoms with Gasteiger partial charge >= 0.3 is 6.03 Å². The highest BCUT2D eigenvalue weighted by molar-refractivity contribution is 6.04. The van der Waals surface area contributed by atoms with Crippen LogP contribution in [0.3, 0.4) is 0 Å². The summed E-state index contributed by atoms with van der Waals surface area (Å²) >= 11 is 0. The maximum absolute atomic E-state index is 11.8. The Morgan fingerprint density at radius 3 is 2.79 bits per heavy atom. The number of nitrogens with zero attached hydrogens (tertiary/aromatic N) is 1. The number of amides is 2. The van der Waals surface area contributed by atoms with E-state index in [1.54, 1.807) is 24.4 Å². The van der Waals surface area contributed by atoms with E-state index < -0.39 is 0 Å². The van der Waals surface area contributed by atoms with Crippen molar-refractivity contribution < 1.29 is 9.21 Å². The number of nitrogens with one attached hydrogen (secondary N) is 2. The fourth-order valence-corrected chi connectivity index (χ4v) is 1.82. The van der Waals surface area contributed by atoms with Gasteiger partial charge in [-0.1, -0.05) is 18.2 Å². The summed E-state index contributed by atoms with van der Waals surface area (Å²) in [5.41, 5.74) is 1.40. The van der Waals surface area contributed by atoms with E-state index in [1.807, 2.05) is 24.3 Å². The van der Waals surface area contributed by atoms with E-state index >= 15 is 0 Å². The van der Waals surface area contributed by atoms with E-state index in [0.717, 1.165) is 10.9 Å². The molecule has 1 aromatic carbocycles. The minimum Gasteiger partial charge on any atom is -0.449 e. The Morgan fingerprint density at radius 1 is 1.05 bits per heavy atom. The van der Waals surface area contributed by atoms with Crippen LogP contribution >= 0.6 is 0 Å². The molecule has 0 saturated heterocycles. The third-order valence-corrected chi connectivity index (χ3v) is 2.64. The normalized spacial score (nSPS) is 10.3. The zero-order chi connectivity index (χ0) is 13.1. The number of anilines is 2. The van der Waals surface area contributed by atoms with Gasteiger partial charge in [-0.05, 0) is 18.2 Å². The predicted octanol–water partition coefficient (Wildman–Crippen LogP) is 3.47. The number of furan rings is 1. The van der Waals surface area contributed by atoms with Crippen molar-refractivity contribution in [1.82, 2.24) is 4.98 Å². The molecular formula is C14H11N3O2. The lowest BCUT2D eigenvalue weighted by molar-refractivity contribution is 0.261. The molecule has 2 N–H and O–H groups in total. The molecule has 0 unspecified atom stereocenters. The number of carbonyl (C=O) groups excluding carboxylic acids is 1. The molecule has 0 fully saturated rings. The van der Waals surface area contributed by atoms with Gasteiger partial charge in [0, 0.05) is 17.6 Å². The Hall–Kier alpha value is -2.82. The van der Waals surface area contributed by atoms with Crippen LogP contribution in [0.2, 0.25) is 0 Å². The summed E-state index contributed by atoms with van der Waals surface area (Å²) in [5, 5.41) is 6.31. The van der Waals surface area contributed by atoms with E-state index in [9.17, 15) is 4.79 Å². The standard InChI is InChI=1S/C14H11N3O2/c18-14(17-12-7-3-9-19-12)16-11-6-1-4-10-5-2-8-15-13(10)11/h1-9H,(H2,16,17,18). The number of urea groups is 1. The smallest absolute Gasteiger partial charge is 0.326 e. The van der Waals surface area contributed by atoms with Gasteiger partial charge in [0.15, 0.2) is 0 Å². The van der Waals surface area contributed by atoms with Crippen LogP contribution in [0.5, 0.6) is 0 Å².